The molecule has 0 spiro atoms. The van der Waals surface area contributed by atoms with E-state index < -0.39 is 34.9 Å². The lowest BCUT2D eigenvalue weighted by Gasteiger charge is -2.49. The number of carbonyl (C=O) groups excluding carboxylic acids is 3. The molecule has 3 aliphatic rings. The van der Waals surface area contributed by atoms with Gasteiger partial charge in [-0.05, 0) is 18.1 Å². The Hall–Kier alpha value is -3.10. The fourth-order valence-electron chi connectivity index (χ4n) is 3.66. The molecular weight excluding hydrogens is 496 g/mol. The minimum absolute atomic E-state index is 0. The Morgan fingerprint density at radius 1 is 1.39 bits per heavy atom. The van der Waals surface area contributed by atoms with Gasteiger partial charge in [0, 0.05) is 30.3 Å². The normalized spacial score (nSPS) is 23.9. The molecule has 2 unspecified atom stereocenters. The van der Waals surface area contributed by atoms with E-state index in [2.05, 4.69) is 15.5 Å². The number of likely N-dealkylation sites (tertiary alicyclic amines) is 1. The van der Waals surface area contributed by atoms with Gasteiger partial charge in [-0.3, -0.25) is 19.3 Å². The quantitative estimate of drug-likeness (QED) is 0.137. The third-order valence-corrected chi connectivity index (χ3v) is 7.23. The molecule has 1 aromatic heterocycles. The van der Waals surface area contributed by atoms with Crippen LogP contribution in [-0.4, -0.2) is 85.3 Å². The lowest BCUT2D eigenvalue weighted by molar-refractivity contribution is -0.150. The van der Waals surface area contributed by atoms with Gasteiger partial charge in [-0.25, -0.2) is 9.78 Å². The van der Waals surface area contributed by atoms with Crippen LogP contribution in [0.1, 0.15) is 12.1 Å². The molecule has 2 saturated heterocycles. The number of carboxylic acids is 1. The second-order valence-electron chi connectivity index (χ2n) is 7.21. The summed E-state index contributed by atoms with van der Waals surface area (Å²) in [6.45, 7) is 0.548. The molecule has 12 nitrogen and oxygen atoms in total. The zero-order valence-corrected chi connectivity index (χ0v) is 19.5. The Kier molecular flexibility index (Phi) is 7.00. The number of carbonyl (C=O) groups is 4. The zero-order chi connectivity index (χ0) is 23.2. The Labute approximate surface area is 201 Å². The van der Waals surface area contributed by atoms with Crippen molar-refractivity contribution in [3.05, 3.63) is 34.0 Å². The van der Waals surface area contributed by atoms with Crippen LogP contribution < -0.4 is 11.1 Å². The van der Waals surface area contributed by atoms with Crippen molar-refractivity contribution in [1.82, 2.24) is 20.1 Å². The number of carboxylic acid groups (broad SMARTS) is 1. The molecule has 4 heterocycles. The fourth-order valence-corrected chi connectivity index (χ4v) is 5.51. The first-order valence-electron chi connectivity index (χ1n) is 9.34. The molecule has 4 rings (SSSR count). The van der Waals surface area contributed by atoms with E-state index in [1.165, 1.54) is 17.1 Å². The van der Waals surface area contributed by atoms with Crippen LogP contribution in [-0.2, 0) is 19.2 Å². The Bertz CT molecular complexity index is 1130. The van der Waals surface area contributed by atoms with Gasteiger partial charge in [0.05, 0.1) is 0 Å². The van der Waals surface area contributed by atoms with Crippen LogP contribution in [0.5, 0.6) is 0 Å². The van der Waals surface area contributed by atoms with Gasteiger partial charge in [-0.1, -0.05) is 5.16 Å². The summed E-state index contributed by atoms with van der Waals surface area (Å²) in [5, 5.41) is 25.3. The number of fused-ring (bicyclic) bond motifs is 1. The van der Waals surface area contributed by atoms with E-state index in [9.17, 15) is 29.5 Å². The van der Waals surface area contributed by atoms with Crippen molar-refractivity contribution in [3.8, 4) is 0 Å². The minimum Gasteiger partial charge on any atom is -0.477 e. The molecule has 0 saturated carbocycles. The second-order valence-corrected chi connectivity index (χ2v) is 9.20. The molecule has 1 aromatic rings. The largest absolute Gasteiger partial charge is 0.477 e. The number of anilines is 1. The number of rotatable bonds is 5. The van der Waals surface area contributed by atoms with Crippen molar-refractivity contribution >= 4 is 70.0 Å². The summed E-state index contributed by atoms with van der Waals surface area (Å²) < 4.78 is 0. The average Bonchev–Trinajstić information content (AvgIpc) is 3.32. The molecule has 0 radical (unpaired) electrons. The highest BCUT2D eigenvalue weighted by molar-refractivity contribution is 8.00. The van der Waals surface area contributed by atoms with E-state index in [1.807, 2.05) is 0 Å². The van der Waals surface area contributed by atoms with Crippen LogP contribution in [0, 0.1) is 0 Å². The third-order valence-electron chi connectivity index (χ3n) is 5.25. The maximum atomic E-state index is 12.8. The SMILES string of the molecule is CN1CCC(=CC2=C(C(=O)O)N3C(=O)C(NC(=O)C(=NO)c4csc(N)n4)C3SC2)C1=O.Cl. The molecule has 0 bridgehead atoms. The van der Waals surface area contributed by atoms with Crippen LogP contribution >= 0.6 is 35.5 Å². The number of nitrogens with two attached hydrogens (primary N) is 1. The topological polar surface area (TPSA) is 179 Å². The number of halogens is 1. The summed E-state index contributed by atoms with van der Waals surface area (Å²) in [4.78, 5) is 56.0. The summed E-state index contributed by atoms with van der Waals surface area (Å²) in [5.74, 6) is -2.69. The van der Waals surface area contributed by atoms with Crippen molar-refractivity contribution in [2.75, 3.05) is 25.1 Å². The molecule has 3 amide bonds. The predicted octanol–water partition coefficient (Wildman–Crippen LogP) is -0.147. The van der Waals surface area contributed by atoms with Gasteiger partial charge in [-0.2, -0.15) is 0 Å². The molecule has 2 fully saturated rings. The van der Waals surface area contributed by atoms with Crippen LogP contribution in [0.3, 0.4) is 0 Å². The van der Waals surface area contributed by atoms with Gasteiger partial charge in [0.25, 0.3) is 11.8 Å². The number of nitrogens with zero attached hydrogens (tertiary/aromatic N) is 4. The number of oxime groups is 1. The Balaban J connectivity index is 0.00000306. The van der Waals surface area contributed by atoms with Gasteiger partial charge in [0.1, 0.15) is 22.8 Å². The molecule has 0 aliphatic carbocycles. The molecular formula is C18H19ClN6O6S2. The summed E-state index contributed by atoms with van der Waals surface area (Å²) in [7, 11) is 1.66. The number of amides is 3. The third kappa shape index (κ3) is 4.28. The van der Waals surface area contributed by atoms with Crippen molar-refractivity contribution in [3.63, 3.8) is 0 Å². The molecule has 176 valence electrons. The number of aliphatic carboxylic acids is 1. The minimum atomic E-state index is -1.30. The molecule has 0 aromatic carbocycles. The summed E-state index contributed by atoms with van der Waals surface area (Å²) in [6, 6.07) is -1.01. The first kappa shape index (κ1) is 24.5. The number of aromatic nitrogens is 1. The number of thioether (sulfide) groups is 1. The van der Waals surface area contributed by atoms with Gasteiger partial charge in [-0.15, -0.1) is 35.5 Å². The number of nitrogen functional groups attached to an aromatic ring is 1. The van der Waals surface area contributed by atoms with Crippen LogP contribution in [0.25, 0.3) is 0 Å². The predicted molar refractivity (Wildman–Crippen MR) is 122 cm³/mol. The van der Waals surface area contributed by atoms with Crippen LogP contribution in [0.15, 0.2) is 33.5 Å². The second kappa shape index (κ2) is 9.41. The number of hydrogen-bond acceptors (Lipinski definition) is 10. The number of β-lactam (4-membered cyclic amide) rings is 1. The van der Waals surface area contributed by atoms with E-state index in [4.69, 9.17) is 5.73 Å². The maximum Gasteiger partial charge on any atom is 0.352 e. The lowest BCUT2D eigenvalue weighted by Crippen LogP contribution is -2.71. The van der Waals surface area contributed by atoms with Gasteiger partial charge in [0.2, 0.25) is 5.91 Å². The fraction of sp³-hybridized carbons (Fsp3) is 0.333. The first-order chi connectivity index (χ1) is 15.2. The zero-order valence-electron chi connectivity index (χ0n) is 17.0. The summed E-state index contributed by atoms with van der Waals surface area (Å²) in [5.41, 5.74) is 5.83. The first-order valence-corrected chi connectivity index (χ1v) is 11.3. The highest BCUT2D eigenvalue weighted by Gasteiger charge is 2.54. The van der Waals surface area contributed by atoms with Crippen molar-refractivity contribution in [2.24, 2.45) is 5.16 Å². The van der Waals surface area contributed by atoms with Crippen molar-refractivity contribution < 1.29 is 29.5 Å². The highest BCUT2D eigenvalue weighted by Crippen LogP contribution is 2.41. The number of thiazole rings is 1. The summed E-state index contributed by atoms with van der Waals surface area (Å²) >= 11 is 2.32. The number of allylic oxidation sites excluding steroid dienone is 1. The van der Waals surface area contributed by atoms with Crippen molar-refractivity contribution in [2.45, 2.75) is 17.8 Å². The van der Waals surface area contributed by atoms with Gasteiger partial charge in [0.15, 0.2) is 10.8 Å². The van der Waals surface area contributed by atoms with Crippen LogP contribution in [0.2, 0.25) is 0 Å². The highest BCUT2D eigenvalue weighted by atomic mass is 35.5. The van der Waals surface area contributed by atoms with E-state index in [-0.39, 0.29) is 40.6 Å². The van der Waals surface area contributed by atoms with E-state index in [1.54, 1.807) is 18.0 Å². The molecule has 33 heavy (non-hydrogen) atoms. The Morgan fingerprint density at radius 2 is 2.12 bits per heavy atom. The number of likely N-dealkylation sites (N-methyl/N-ethyl adjacent to an activating group) is 1. The van der Waals surface area contributed by atoms with Crippen LogP contribution in [0.4, 0.5) is 5.13 Å². The van der Waals surface area contributed by atoms with E-state index in [0.717, 1.165) is 16.2 Å². The van der Waals surface area contributed by atoms with Gasteiger partial charge < -0.3 is 26.3 Å². The van der Waals surface area contributed by atoms with E-state index >= 15 is 0 Å². The summed E-state index contributed by atoms with van der Waals surface area (Å²) in [6.07, 6.45) is 2.04. The van der Waals surface area contributed by atoms with Gasteiger partial charge >= 0.3 is 5.97 Å². The smallest absolute Gasteiger partial charge is 0.352 e. The lowest BCUT2D eigenvalue weighted by atomic mass is 10.0. The van der Waals surface area contributed by atoms with Crippen molar-refractivity contribution in [1.29, 1.82) is 0 Å². The molecule has 15 heteroatoms. The number of hydrogen-bond donors (Lipinski definition) is 4. The standard InChI is InChI=1S/C18H18N6O6S2.ClH/c1-23-3-2-7(14(23)26)4-8-5-31-16-11(15(27)24(16)12(8)17(28)29)21-13(25)10(22-30)9-6-32-18(19)20-9;/h4,6,11,16,30H,2-3,5H2,1H3,(H2,19,20)(H,21,25)(H,28,29);1H. The number of nitrogens with one attached hydrogen (secondary N) is 1. The average molecular weight is 515 g/mol. The molecule has 2 atom stereocenters. The maximum absolute atomic E-state index is 12.8. The monoisotopic (exact) mass is 514 g/mol. The molecule has 5 N–H and O–H groups in total. The van der Waals surface area contributed by atoms with E-state index in [0.29, 0.717) is 24.1 Å². The molecule has 3 aliphatic heterocycles. The Morgan fingerprint density at radius 3 is 2.67 bits per heavy atom.